The highest BCUT2D eigenvalue weighted by molar-refractivity contribution is 7.99. The summed E-state index contributed by atoms with van der Waals surface area (Å²) >= 11 is 1.10. The van der Waals surface area contributed by atoms with Crippen molar-refractivity contribution in [2.75, 3.05) is 58.1 Å². The highest BCUT2D eigenvalue weighted by Gasteiger charge is 2.35. The van der Waals surface area contributed by atoms with E-state index in [0.29, 0.717) is 37.0 Å². The molecule has 2 aromatic carbocycles. The van der Waals surface area contributed by atoms with Crippen LogP contribution in [0.4, 0.5) is 18.9 Å². The van der Waals surface area contributed by atoms with Crippen LogP contribution in [0.25, 0.3) is 10.9 Å². The molecule has 3 aromatic rings. The van der Waals surface area contributed by atoms with E-state index in [1.165, 1.54) is 0 Å². The third-order valence-electron chi connectivity index (χ3n) is 7.74. The molecule has 1 saturated heterocycles. The van der Waals surface area contributed by atoms with E-state index in [4.69, 9.17) is 4.74 Å². The lowest BCUT2D eigenvalue weighted by Gasteiger charge is -2.41. The Balaban J connectivity index is 1.38. The summed E-state index contributed by atoms with van der Waals surface area (Å²) in [7, 11) is 5.44. The molecule has 0 aliphatic carbocycles. The molecule has 0 bridgehead atoms. The van der Waals surface area contributed by atoms with Crippen LogP contribution >= 0.6 is 11.8 Å². The monoisotopic (exact) mass is 563 g/mol. The SMILES string of the molecule is COc1ccc2ncc(N(C)C)c(C(O)CCC3(CO)CCN(CCSc4cc(F)cc(F)c4F)CC3)c2c1. The topological polar surface area (TPSA) is 69.1 Å². The highest BCUT2D eigenvalue weighted by atomic mass is 32.2. The molecule has 0 spiro atoms. The molecule has 1 aromatic heterocycles. The maximum Gasteiger partial charge on any atom is 0.172 e. The molecule has 2 N–H and O–H groups in total. The van der Waals surface area contributed by atoms with Gasteiger partial charge in [0.05, 0.1) is 30.6 Å². The Kier molecular flexibility index (Phi) is 9.64. The van der Waals surface area contributed by atoms with Crippen LogP contribution in [0.15, 0.2) is 41.4 Å². The Morgan fingerprint density at radius 1 is 1.15 bits per heavy atom. The Morgan fingerprint density at radius 2 is 1.90 bits per heavy atom. The Morgan fingerprint density at radius 3 is 2.56 bits per heavy atom. The summed E-state index contributed by atoms with van der Waals surface area (Å²) in [5.41, 5.74) is 2.11. The number of pyridine rings is 1. The number of likely N-dealkylation sites (tertiary alicyclic amines) is 1. The van der Waals surface area contributed by atoms with Crippen LogP contribution < -0.4 is 9.64 Å². The summed E-state index contributed by atoms with van der Waals surface area (Å²) in [6, 6.07) is 7.19. The van der Waals surface area contributed by atoms with Gasteiger partial charge < -0.3 is 24.7 Å². The summed E-state index contributed by atoms with van der Waals surface area (Å²) in [5.74, 6) is -1.80. The molecule has 212 valence electrons. The number of anilines is 1. The normalized spacial score (nSPS) is 16.4. The van der Waals surface area contributed by atoms with Crippen molar-refractivity contribution in [2.24, 2.45) is 5.41 Å². The Labute approximate surface area is 231 Å². The zero-order valence-electron chi connectivity index (χ0n) is 22.6. The lowest BCUT2D eigenvalue weighted by atomic mass is 9.74. The number of fused-ring (bicyclic) bond motifs is 1. The summed E-state index contributed by atoms with van der Waals surface area (Å²) in [6.45, 7) is 2.16. The van der Waals surface area contributed by atoms with Crippen molar-refractivity contribution in [3.63, 3.8) is 0 Å². The highest BCUT2D eigenvalue weighted by Crippen LogP contribution is 2.41. The number of methoxy groups -OCH3 is 1. The minimum atomic E-state index is -1.18. The number of aliphatic hydroxyl groups excluding tert-OH is 2. The zero-order chi connectivity index (χ0) is 28.2. The summed E-state index contributed by atoms with van der Waals surface area (Å²) in [4.78, 5) is 8.68. The van der Waals surface area contributed by atoms with Gasteiger partial charge in [-0.05, 0) is 68.5 Å². The van der Waals surface area contributed by atoms with Crippen molar-refractivity contribution in [2.45, 2.75) is 36.7 Å². The first-order valence-corrected chi connectivity index (χ1v) is 14.1. The van der Waals surface area contributed by atoms with E-state index in [-0.39, 0.29) is 16.9 Å². The molecule has 0 saturated carbocycles. The molecule has 0 amide bonds. The van der Waals surface area contributed by atoms with Gasteiger partial charge in [0.25, 0.3) is 0 Å². The average molecular weight is 564 g/mol. The third kappa shape index (κ3) is 6.80. The number of nitrogens with zero attached hydrogens (tertiary/aromatic N) is 3. The van der Waals surface area contributed by atoms with Crippen molar-refractivity contribution in [3.05, 3.63) is 59.5 Å². The molecule has 1 fully saturated rings. The van der Waals surface area contributed by atoms with E-state index in [1.807, 2.05) is 37.2 Å². The van der Waals surface area contributed by atoms with E-state index in [9.17, 15) is 23.4 Å². The van der Waals surface area contributed by atoms with Gasteiger partial charge in [0.15, 0.2) is 11.6 Å². The molecule has 39 heavy (non-hydrogen) atoms. The van der Waals surface area contributed by atoms with E-state index in [0.717, 1.165) is 65.9 Å². The first-order chi connectivity index (χ1) is 18.7. The second-order valence-corrected chi connectivity index (χ2v) is 11.6. The van der Waals surface area contributed by atoms with Crippen LogP contribution in [0, 0.1) is 22.9 Å². The third-order valence-corrected chi connectivity index (χ3v) is 8.73. The summed E-state index contributed by atoms with van der Waals surface area (Å²) < 4.78 is 46.2. The first kappa shape index (κ1) is 29.5. The van der Waals surface area contributed by atoms with Crippen LogP contribution in [0.3, 0.4) is 0 Å². The molecule has 2 heterocycles. The number of halogens is 3. The largest absolute Gasteiger partial charge is 0.497 e. The van der Waals surface area contributed by atoms with Crippen molar-refractivity contribution >= 4 is 28.4 Å². The lowest BCUT2D eigenvalue weighted by Crippen LogP contribution is -2.43. The zero-order valence-corrected chi connectivity index (χ0v) is 23.4. The molecule has 1 aliphatic heterocycles. The van der Waals surface area contributed by atoms with Gasteiger partial charge >= 0.3 is 0 Å². The number of benzene rings is 2. The van der Waals surface area contributed by atoms with Gasteiger partial charge in [0.2, 0.25) is 0 Å². The van der Waals surface area contributed by atoms with Crippen molar-refractivity contribution in [3.8, 4) is 5.75 Å². The van der Waals surface area contributed by atoms with Gasteiger partial charge in [-0.3, -0.25) is 4.98 Å². The number of rotatable bonds is 11. The number of aromatic nitrogens is 1. The van der Waals surface area contributed by atoms with Crippen molar-refractivity contribution < 1.29 is 28.1 Å². The first-order valence-electron chi connectivity index (χ1n) is 13.1. The van der Waals surface area contributed by atoms with Gasteiger partial charge in [0.1, 0.15) is 11.6 Å². The van der Waals surface area contributed by atoms with Gasteiger partial charge in [-0.25, -0.2) is 13.2 Å². The molecule has 6 nitrogen and oxygen atoms in total. The van der Waals surface area contributed by atoms with Crippen molar-refractivity contribution in [1.82, 2.24) is 9.88 Å². The Hall–Kier alpha value is -2.53. The quantitative estimate of drug-likeness (QED) is 0.239. The molecule has 1 aliphatic rings. The molecule has 1 atom stereocenters. The average Bonchev–Trinajstić information content (AvgIpc) is 2.94. The molecular formula is C29H36F3N3O3S. The van der Waals surface area contributed by atoms with E-state index in [1.54, 1.807) is 13.3 Å². The molecule has 1 unspecified atom stereocenters. The molecule has 4 rings (SSSR count). The minimum absolute atomic E-state index is 0.0263. The van der Waals surface area contributed by atoms with Crippen LogP contribution in [0.1, 0.15) is 37.4 Å². The number of hydrogen-bond donors (Lipinski definition) is 2. The number of piperidine rings is 1. The predicted octanol–water partition coefficient (Wildman–Crippen LogP) is 5.41. The van der Waals surface area contributed by atoms with E-state index < -0.39 is 23.6 Å². The number of thioether (sulfide) groups is 1. The Bertz CT molecular complexity index is 1290. The van der Waals surface area contributed by atoms with Crippen LogP contribution in [0.2, 0.25) is 0 Å². The maximum atomic E-state index is 13.9. The summed E-state index contributed by atoms with van der Waals surface area (Å²) in [6.07, 6.45) is 3.68. The minimum Gasteiger partial charge on any atom is -0.497 e. The lowest BCUT2D eigenvalue weighted by molar-refractivity contribution is 0.0255. The van der Waals surface area contributed by atoms with E-state index in [2.05, 4.69) is 9.88 Å². The van der Waals surface area contributed by atoms with Crippen molar-refractivity contribution in [1.29, 1.82) is 0 Å². The summed E-state index contributed by atoms with van der Waals surface area (Å²) in [5, 5.41) is 22.6. The fourth-order valence-corrected chi connectivity index (χ4v) is 6.25. The number of aliphatic hydroxyl groups is 2. The van der Waals surface area contributed by atoms with Crippen LogP contribution in [0.5, 0.6) is 5.75 Å². The van der Waals surface area contributed by atoms with Gasteiger partial charge in [0, 0.05) is 54.9 Å². The van der Waals surface area contributed by atoms with Crippen LogP contribution in [-0.2, 0) is 0 Å². The molecule has 0 radical (unpaired) electrons. The molecular weight excluding hydrogens is 527 g/mol. The fourth-order valence-electron chi connectivity index (χ4n) is 5.26. The van der Waals surface area contributed by atoms with Gasteiger partial charge in [-0.1, -0.05) is 0 Å². The smallest absolute Gasteiger partial charge is 0.172 e. The number of ether oxygens (including phenoxy) is 1. The maximum absolute atomic E-state index is 13.9. The second kappa shape index (κ2) is 12.8. The standard InChI is InChI=1S/C29H36F3N3O3S/c1-34(2)24-17-33-23-5-4-20(38-3)16-21(23)27(24)25(37)6-7-29(18-36)8-10-35(11-9-29)12-13-39-26-15-19(30)14-22(31)28(26)32/h4-5,14-17,25,36-37H,6-13,18H2,1-3H3. The second-order valence-electron chi connectivity index (χ2n) is 10.4. The van der Waals surface area contributed by atoms with Gasteiger partial charge in [-0.15, -0.1) is 11.8 Å². The fraction of sp³-hybridized carbons (Fsp3) is 0.483. The van der Waals surface area contributed by atoms with Crippen LogP contribution in [-0.4, -0.2) is 73.3 Å². The van der Waals surface area contributed by atoms with E-state index >= 15 is 0 Å². The van der Waals surface area contributed by atoms with Gasteiger partial charge in [-0.2, -0.15) is 0 Å². The molecule has 10 heteroatoms. The predicted molar refractivity (Wildman–Crippen MR) is 149 cm³/mol. The number of hydrogen-bond acceptors (Lipinski definition) is 7.